The third kappa shape index (κ3) is 2.06. The molecule has 0 aliphatic heterocycles. The lowest BCUT2D eigenvalue weighted by molar-refractivity contribution is 0.111. The fraction of sp³-hybridized carbons (Fsp3) is 0.143. The number of hydrogen-bond donors (Lipinski definition) is 0. The molecule has 0 aliphatic rings. The first kappa shape index (κ1) is 10.2. The Balaban J connectivity index is 3.32. The minimum atomic E-state index is -2.91. The van der Waals surface area contributed by atoms with Crippen LogP contribution in [0, 0.1) is 5.82 Å². The van der Waals surface area contributed by atoms with Crippen molar-refractivity contribution >= 4 is 22.2 Å². The Morgan fingerprint density at radius 3 is 2.62 bits per heavy atom. The predicted molar refractivity (Wildman–Crippen MR) is 42.2 cm³/mol. The summed E-state index contributed by atoms with van der Waals surface area (Å²) in [5.74, 6) is -0.924. The van der Waals surface area contributed by atoms with E-state index in [2.05, 4.69) is 20.9 Å². The van der Waals surface area contributed by atoms with Gasteiger partial charge in [-0.05, 0) is 15.9 Å². The normalized spacial score (nSPS) is 10.5. The Bertz CT molecular complexity index is 343. The molecule has 6 heteroatoms. The Morgan fingerprint density at radius 1 is 1.54 bits per heavy atom. The van der Waals surface area contributed by atoms with Crippen molar-refractivity contribution in [1.29, 1.82) is 0 Å². The van der Waals surface area contributed by atoms with Gasteiger partial charge < -0.3 is 0 Å². The summed E-state index contributed by atoms with van der Waals surface area (Å²) >= 11 is 2.61. The van der Waals surface area contributed by atoms with E-state index in [1.165, 1.54) is 0 Å². The lowest BCUT2D eigenvalue weighted by atomic mass is 10.3. The molecule has 1 rings (SSSR count). The van der Waals surface area contributed by atoms with Crippen LogP contribution in [0.25, 0.3) is 0 Å². The van der Waals surface area contributed by atoms with Gasteiger partial charge >= 0.3 is 0 Å². The van der Waals surface area contributed by atoms with Crippen molar-refractivity contribution in [3.8, 4) is 0 Å². The van der Waals surface area contributed by atoms with Crippen molar-refractivity contribution < 1.29 is 18.0 Å². The molecule has 0 fully saturated rings. The van der Waals surface area contributed by atoms with Gasteiger partial charge in [-0.3, -0.25) is 4.79 Å². The second-order valence-electron chi connectivity index (χ2n) is 2.15. The summed E-state index contributed by atoms with van der Waals surface area (Å²) in [7, 11) is 0. The molecule has 70 valence electrons. The topological polar surface area (TPSA) is 30.0 Å². The molecular weight excluding hydrogens is 251 g/mol. The number of alkyl halides is 2. The summed E-state index contributed by atoms with van der Waals surface area (Å²) in [6, 6.07) is 0.781. The van der Waals surface area contributed by atoms with Gasteiger partial charge in [-0.2, -0.15) is 0 Å². The van der Waals surface area contributed by atoms with E-state index >= 15 is 0 Å². The van der Waals surface area contributed by atoms with Crippen molar-refractivity contribution in [2.75, 3.05) is 0 Å². The average molecular weight is 254 g/mol. The molecule has 0 saturated carbocycles. The third-order valence-corrected chi connectivity index (χ3v) is 2.07. The van der Waals surface area contributed by atoms with Crippen molar-refractivity contribution in [2.24, 2.45) is 0 Å². The van der Waals surface area contributed by atoms with E-state index in [0.29, 0.717) is 0 Å². The molecule has 0 aromatic carbocycles. The maximum Gasteiger partial charge on any atom is 0.281 e. The van der Waals surface area contributed by atoms with Crippen LogP contribution in [0.1, 0.15) is 22.6 Å². The molecule has 0 aliphatic carbocycles. The molecule has 0 saturated heterocycles. The largest absolute Gasteiger partial charge is 0.296 e. The molecule has 13 heavy (non-hydrogen) atoms. The first-order chi connectivity index (χ1) is 6.06. The van der Waals surface area contributed by atoms with Gasteiger partial charge in [0.25, 0.3) is 6.43 Å². The molecular formula is C7H3BrF3NO. The maximum atomic E-state index is 12.8. The molecule has 0 radical (unpaired) electrons. The first-order valence-corrected chi connectivity index (χ1v) is 3.95. The Hall–Kier alpha value is -0.910. The minimum Gasteiger partial charge on any atom is -0.296 e. The zero-order valence-electron chi connectivity index (χ0n) is 6.10. The lowest BCUT2D eigenvalue weighted by Crippen LogP contribution is -1.99. The van der Waals surface area contributed by atoms with Crippen molar-refractivity contribution in [1.82, 2.24) is 4.98 Å². The Kier molecular flexibility index (Phi) is 3.02. The SMILES string of the molecule is O=Cc1cc(F)c(Br)c(C(F)F)n1. The number of aldehydes is 1. The van der Waals surface area contributed by atoms with Gasteiger partial charge in [0.15, 0.2) is 6.29 Å². The van der Waals surface area contributed by atoms with Gasteiger partial charge in [-0.15, -0.1) is 0 Å². The molecule has 2 nitrogen and oxygen atoms in total. The molecule has 1 heterocycles. The molecule has 0 N–H and O–H groups in total. The van der Waals surface area contributed by atoms with Gasteiger partial charge in [0.2, 0.25) is 0 Å². The standard InChI is InChI=1S/C7H3BrF3NO/c8-5-4(9)1-3(2-13)12-6(5)7(10)11/h1-2,7H. The summed E-state index contributed by atoms with van der Waals surface area (Å²) in [5, 5.41) is 0. The smallest absolute Gasteiger partial charge is 0.281 e. The zero-order chi connectivity index (χ0) is 10.0. The summed E-state index contributed by atoms with van der Waals surface area (Å²) in [6.07, 6.45) is -2.70. The molecule has 1 aromatic rings. The van der Waals surface area contributed by atoms with Crippen LogP contribution in [-0.2, 0) is 0 Å². The molecule has 0 amide bonds. The van der Waals surface area contributed by atoms with Crippen LogP contribution in [0.5, 0.6) is 0 Å². The number of halogens is 4. The van der Waals surface area contributed by atoms with Crippen LogP contribution in [0.2, 0.25) is 0 Å². The van der Waals surface area contributed by atoms with Crippen LogP contribution in [0.15, 0.2) is 10.5 Å². The zero-order valence-corrected chi connectivity index (χ0v) is 7.69. The molecule has 0 atom stereocenters. The van der Waals surface area contributed by atoms with Crippen LogP contribution < -0.4 is 0 Å². The van der Waals surface area contributed by atoms with Gasteiger partial charge in [0.05, 0.1) is 4.47 Å². The highest BCUT2D eigenvalue weighted by molar-refractivity contribution is 9.10. The van der Waals surface area contributed by atoms with Crippen molar-refractivity contribution in [2.45, 2.75) is 6.43 Å². The summed E-state index contributed by atoms with van der Waals surface area (Å²) in [4.78, 5) is 13.4. The first-order valence-electron chi connectivity index (χ1n) is 3.15. The van der Waals surface area contributed by atoms with Gasteiger partial charge in [-0.25, -0.2) is 18.2 Å². The highest BCUT2D eigenvalue weighted by Crippen LogP contribution is 2.27. The van der Waals surface area contributed by atoms with E-state index in [1.54, 1.807) is 0 Å². The van der Waals surface area contributed by atoms with Gasteiger partial charge in [0, 0.05) is 6.07 Å². The second-order valence-corrected chi connectivity index (χ2v) is 2.94. The fourth-order valence-electron chi connectivity index (χ4n) is 0.741. The lowest BCUT2D eigenvalue weighted by Gasteiger charge is -2.03. The number of carbonyl (C=O) groups is 1. The van der Waals surface area contributed by atoms with Gasteiger partial charge in [-0.1, -0.05) is 0 Å². The highest BCUT2D eigenvalue weighted by Gasteiger charge is 2.17. The average Bonchev–Trinajstić information content (AvgIpc) is 2.09. The predicted octanol–water partition coefficient (Wildman–Crippen LogP) is 2.73. The number of hydrogen-bond acceptors (Lipinski definition) is 2. The molecule has 0 bridgehead atoms. The van der Waals surface area contributed by atoms with Gasteiger partial charge in [0.1, 0.15) is 17.2 Å². The highest BCUT2D eigenvalue weighted by atomic mass is 79.9. The number of pyridine rings is 1. The number of rotatable bonds is 2. The van der Waals surface area contributed by atoms with Crippen LogP contribution in [0.4, 0.5) is 13.2 Å². The van der Waals surface area contributed by atoms with Crippen molar-refractivity contribution in [3.05, 3.63) is 27.7 Å². The molecule has 0 spiro atoms. The van der Waals surface area contributed by atoms with E-state index in [0.717, 1.165) is 6.07 Å². The van der Waals surface area contributed by atoms with Crippen molar-refractivity contribution in [3.63, 3.8) is 0 Å². The van der Waals surface area contributed by atoms with E-state index < -0.39 is 22.4 Å². The van der Waals surface area contributed by atoms with E-state index in [1.807, 2.05) is 0 Å². The maximum absolute atomic E-state index is 12.8. The monoisotopic (exact) mass is 253 g/mol. The fourth-order valence-corrected chi connectivity index (χ4v) is 1.12. The second kappa shape index (κ2) is 3.87. The summed E-state index contributed by atoms with van der Waals surface area (Å²) < 4.78 is 36.7. The van der Waals surface area contributed by atoms with Crippen LogP contribution in [-0.4, -0.2) is 11.3 Å². The number of nitrogens with zero attached hydrogens (tertiary/aromatic N) is 1. The Labute approximate surface area is 79.9 Å². The molecule has 0 unspecified atom stereocenters. The molecule has 1 aromatic heterocycles. The minimum absolute atomic E-state index is 0.210. The number of aromatic nitrogens is 1. The third-order valence-electron chi connectivity index (χ3n) is 1.29. The quantitative estimate of drug-likeness (QED) is 0.759. The van der Waals surface area contributed by atoms with E-state index in [9.17, 15) is 18.0 Å². The Morgan fingerprint density at radius 2 is 2.15 bits per heavy atom. The van der Waals surface area contributed by atoms with Crippen LogP contribution >= 0.6 is 15.9 Å². The van der Waals surface area contributed by atoms with E-state index in [4.69, 9.17) is 0 Å². The van der Waals surface area contributed by atoms with Crippen LogP contribution in [0.3, 0.4) is 0 Å². The summed E-state index contributed by atoms with van der Waals surface area (Å²) in [6.45, 7) is 0. The summed E-state index contributed by atoms with van der Waals surface area (Å²) in [5.41, 5.74) is -1.11. The van der Waals surface area contributed by atoms with E-state index in [-0.39, 0.29) is 12.0 Å². The number of carbonyl (C=O) groups excluding carboxylic acids is 1.